The van der Waals surface area contributed by atoms with Crippen LogP contribution in [0.4, 0.5) is 0 Å². The van der Waals surface area contributed by atoms with Crippen LogP contribution in [0.5, 0.6) is 5.75 Å². The topological polar surface area (TPSA) is 99.5 Å². The third-order valence-electron chi connectivity index (χ3n) is 3.38. The predicted molar refractivity (Wildman–Crippen MR) is 91.1 cm³/mol. The first-order valence-corrected chi connectivity index (χ1v) is 8.24. The molecule has 0 fully saturated rings. The van der Waals surface area contributed by atoms with Crippen LogP contribution in [0, 0.1) is 0 Å². The predicted octanol–water partition coefficient (Wildman–Crippen LogP) is 3.12. The summed E-state index contributed by atoms with van der Waals surface area (Å²) in [5, 5.41) is 23.2. The van der Waals surface area contributed by atoms with Crippen molar-refractivity contribution in [3.63, 3.8) is 0 Å². The average molecular weight is 395 g/mol. The van der Waals surface area contributed by atoms with E-state index in [4.69, 9.17) is 5.11 Å². The van der Waals surface area contributed by atoms with E-state index in [0.29, 0.717) is 9.30 Å². The van der Waals surface area contributed by atoms with Crippen molar-refractivity contribution in [2.24, 2.45) is 0 Å². The van der Waals surface area contributed by atoms with Gasteiger partial charge in [0.2, 0.25) is 0 Å². The number of carboxylic acids is 1. The Labute approximate surface area is 142 Å². The summed E-state index contributed by atoms with van der Waals surface area (Å²) in [7, 11) is 0. The van der Waals surface area contributed by atoms with Gasteiger partial charge in [0.05, 0.1) is 4.70 Å². The minimum atomic E-state index is -1.17. The van der Waals surface area contributed by atoms with E-state index in [-0.39, 0.29) is 11.4 Å². The van der Waals surface area contributed by atoms with Gasteiger partial charge >= 0.3 is 5.97 Å². The molecule has 1 aromatic carbocycles. The lowest BCUT2D eigenvalue weighted by Gasteiger charge is -2.10. The molecule has 2 heterocycles. The number of aromatic nitrogens is 1. The van der Waals surface area contributed by atoms with E-state index in [1.54, 1.807) is 0 Å². The average Bonchev–Trinajstić information content (AvgIpc) is 2.90. The van der Waals surface area contributed by atoms with Crippen molar-refractivity contribution in [1.82, 2.24) is 10.3 Å². The number of carbonyl (C=O) groups excluding carboxylic acids is 1. The molecular weight excluding hydrogens is 384 g/mol. The second kappa shape index (κ2) is 5.78. The van der Waals surface area contributed by atoms with Crippen molar-refractivity contribution >= 4 is 59.3 Å². The molecule has 0 unspecified atom stereocenters. The molecule has 6 nitrogen and oxygen atoms in total. The Bertz CT molecular complexity index is 953. The van der Waals surface area contributed by atoms with Crippen LogP contribution >= 0.6 is 27.3 Å². The van der Waals surface area contributed by atoms with Gasteiger partial charge < -0.3 is 15.5 Å². The summed E-state index contributed by atoms with van der Waals surface area (Å²) in [6, 6.07) is 6.51. The number of nitrogens with zero attached hydrogens (tertiary/aromatic N) is 1. The normalized spacial score (nSPS) is 12.4. The van der Waals surface area contributed by atoms with E-state index in [1.807, 2.05) is 24.3 Å². The van der Waals surface area contributed by atoms with Crippen molar-refractivity contribution in [2.45, 2.75) is 13.0 Å². The second-order valence-electron chi connectivity index (χ2n) is 4.94. The number of carboxylic acid groups (broad SMARTS) is 1. The number of hydrogen-bond acceptors (Lipinski definition) is 5. The standard InChI is InChI=1S/C15H11BrN2O4S/c1-6(15(21)22)17-14(20)10-11(19)12-9(13(16)18-10)7-4-2-3-5-8(7)23-12/h2-6,19H,1H3,(H,17,20)(H,21,22)/t6-/m0/s1. The summed E-state index contributed by atoms with van der Waals surface area (Å²) >= 11 is 4.68. The zero-order chi connectivity index (χ0) is 16.7. The van der Waals surface area contributed by atoms with Crippen LogP contribution in [0.1, 0.15) is 17.4 Å². The highest BCUT2D eigenvalue weighted by Gasteiger charge is 2.23. The maximum absolute atomic E-state index is 12.2. The molecule has 8 heteroatoms. The molecule has 0 bridgehead atoms. The number of aromatic hydroxyl groups is 1. The van der Waals surface area contributed by atoms with Crippen LogP contribution in [0.2, 0.25) is 0 Å². The smallest absolute Gasteiger partial charge is 0.325 e. The van der Waals surface area contributed by atoms with Crippen LogP contribution < -0.4 is 5.32 Å². The van der Waals surface area contributed by atoms with Crippen LogP contribution in [-0.4, -0.2) is 33.1 Å². The van der Waals surface area contributed by atoms with Gasteiger partial charge in [-0.2, -0.15) is 0 Å². The first kappa shape index (κ1) is 15.7. The molecule has 1 atom stereocenters. The van der Waals surface area contributed by atoms with Crippen molar-refractivity contribution in [3.05, 3.63) is 34.6 Å². The first-order chi connectivity index (χ1) is 10.9. The van der Waals surface area contributed by atoms with Gasteiger partial charge in [0, 0.05) is 15.5 Å². The summed E-state index contributed by atoms with van der Waals surface area (Å²) in [6.45, 7) is 1.34. The van der Waals surface area contributed by atoms with Crippen LogP contribution in [0.25, 0.3) is 20.2 Å². The number of halogens is 1. The Morgan fingerprint density at radius 1 is 1.35 bits per heavy atom. The van der Waals surface area contributed by atoms with Crippen molar-refractivity contribution in [3.8, 4) is 5.75 Å². The number of benzene rings is 1. The highest BCUT2D eigenvalue weighted by atomic mass is 79.9. The molecule has 1 amide bonds. The molecule has 23 heavy (non-hydrogen) atoms. The highest BCUT2D eigenvalue weighted by molar-refractivity contribution is 9.10. The summed E-state index contributed by atoms with van der Waals surface area (Å²) < 4.78 is 1.91. The largest absolute Gasteiger partial charge is 0.504 e. The third-order valence-corrected chi connectivity index (χ3v) is 5.14. The van der Waals surface area contributed by atoms with E-state index < -0.39 is 17.9 Å². The number of pyridine rings is 1. The molecule has 3 N–H and O–H groups in total. The Morgan fingerprint density at radius 3 is 2.74 bits per heavy atom. The van der Waals surface area contributed by atoms with Crippen LogP contribution in [0.3, 0.4) is 0 Å². The summed E-state index contributed by atoms with van der Waals surface area (Å²) in [5.74, 6) is -2.16. The molecule has 0 aliphatic heterocycles. The number of nitrogens with one attached hydrogen (secondary N) is 1. The SMILES string of the molecule is C[C@H](NC(=O)c1nc(Br)c2c(sc3ccccc32)c1O)C(=O)O. The van der Waals surface area contributed by atoms with Gasteiger partial charge in [0.25, 0.3) is 5.91 Å². The molecule has 0 saturated heterocycles. The fraction of sp³-hybridized carbons (Fsp3) is 0.133. The molecule has 118 valence electrons. The van der Waals surface area contributed by atoms with Gasteiger partial charge in [-0.1, -0.05) is 18.2 Å². The molecule has 3 rings (SSSR count). The Balaban J connectivity index is 2.16. The van der Waals surface area contributed by atoms with Crippen LogP contribution in [0.15, 0.2) is 28.9 Å². The van der Waals surface area contributed by atoms with E-state index in [0.717, 1.165) is 15.5 Å². The monoisotopic (exact) mass is 394 g/mol. The van der Waals surface area contributed by atoms with Crippen LogP contribution in [-0.2, 0) is 4.79 Å². The molecular formula is C15H11BrN2O4S. The molecule has 3 aromatic rings. The number of aliphatic carboxylic acids is 1. The first-order valence-electron chi connectivity index (χ1n) is 6.63. The number of fused-ring (bicyclic) bond motifs is 3. The maximum Gasteiger partial charge on any atom is 0.325 e. The molecule has 2 aromatic heterocycles. The summed E-state index contributed by atoms with van der Waals surface area (Å²) in [5.41, 5.74) is -0.205. The molecule has 0 aliphatic rings. The summed E-state index contributed by atoms with van der Waals surface area (Å²) in [6.07, 6.45) is 0. The highest BCUT2D eigenvalue weighted by Crippen LogP contribution is 2.42. The second-order valence-corrected chi connectivity index (χ2v) is 6.74. The number of amides is 1. The fourth-order valence-electron chi connectivity index (χ4n) is 2.22. The van der Waals surface area contributed by atoms with Gasteiger partial charge in [0.15, 0.2) is 11.4 Å². The lowest BCUT2D eigenvalue weighted by molar-refractivity contribution is -0.138. The molecule has 0 aliphatic carbocycles. The van der Waals surface area contributed by atoms with E-state index in [9.17, 15) is 14.7 Å². The van der Waals surface area contributed by atoms with Gasteiger partial charge in [-0.25, -0.2) is 4.98 Å². The zero-order valence-corrected chi connectivity index (χ0v) is 14.2. The lowest BCUT2D eigenvalue weighted by atomic mass is 10.1. The maximum atomic E-state index is 12.2. The molecule has 0 saturated carbocycles. The fourth-order valence-corrected chi connectivity index (χ4v) is 4.09. The zero-order valence-electron chi connectivity index (χ0n) is 11.8. The molecule has 0 spiro atoms. The van der Waals surface area contributed by atoms with Crippen molar-refractivity contribution in [1.29, 1.82) is 0 Å². The van der Waals surface area contributed by atoms with Crippen molar-refractivity contribution < 1.29 is 19.8 Å². The number of hydrogen-bond donors (Lipinski definition) is 3. The van der Waals surface area contributed by atoms with Crippen molar-refractivity contribution in [2.75, 3.05) is 0 Å². The number of carbonyl (C=O) groups is 2. The molecule has 0 radical (unpaired) electrons. The van der Waals surface area contributed by atoms with Gasteiger partial charge in [0.1, 0.15) is 10.6 Å². The Hall–Kier alpha value is -2.19. The van der Waals surface area contributed by atoms with Gasteiger partial charge in [-0.3, -0.25) is 9.59 Å². The Kier molecular flexibility index (Phi) is 3.95. The minimum absolute atomic E-state index is 0.205. The lowest BCUT2D eigenvalue weighted by Crippen LogP contribution is -2.38. The summed E-state index contributed by atoms with van der Waals surface area (Å²) in [4.78, 5) is 27.1. The number of thiophene rings is 1. The quantitative estimate of drug-likeness (QED) is 0.592. The van der Waals surface area contributed by atoms with Gasteiger partial charge in [-0.15, -0.1) is 11.3 Å². The Morgan fingerprint density at radius 2 is 2.04 bits per heavy atom. The van der Waals surface area contributed by atoms with E-state index in [1.165, 1.54) is 18.3 Å². The van der Waals surface area contributed by atoms with Gasteiger partial charge in [-0.05, 0) is 28.9 Å². The third kappa shape index (κ3) is 2.64. The minimum Gasteiger partial charge on any atom is -0.504 e. The van der Waals surface area contributed by atoms with E-state index >= 15 is 0 Å². The van der Waals surface area contributed by atoms with E-state index in [2.05, 4.69) is 26.2 Å². The number of rotatable bonds is 3.